The van der Waals surface area contributed by atoms with Crippen LogP contribution < -0.4 is 58.5 Å². The summed E-state index contributed by atoms with van der Waals surface area (Å²) >= 11 is 1.27. The number of aliphatic hydroxyl groups is 5. The molecule has 0 spiro atoms. The van der Waals surface area contributed by atoms with Crippen molar-refractivity contribution >= 4 is 76.9 Å². The number of aromatic nitrogens is 2. The van der Waals surface area contributed by atoms with Gasteiger partial charge in [0.15, 0.2) is 12.3 Å². The summed E-state index contributed by atoms with van der Waals surface area (Å²) in [4.78, 5) is 182. The van der Waals surface area contributed by atoms with Crippen LogP contribution in [0.1, 0.15) is 117 Å². The molecule has 0 unspecified atom stereocenters. The summed E-state index contributed by atoms with van der Waals surface area (Å²) in [6.07, 6.45) is -6.92. The molecule has 4 aliphatic rings. The standard InChI is InChI=1S/C69H97N11O22S/c1-10-37(4)53-62(92)78-56-43-21-23-44(24-22-43)101-41(8)69(98,35-103-30-15-14-28-70-48(82)19-16-20-49(83)71-32-47-58(88)59(89)66(102-47)80-29-26-51(85)74-68(80)97)27-25-50(84)72-33-52(86)99-34-45(67(96)100-40(7)55(64(94)75-53)77-60(90)38(5)57(87)36(2)3)73-63(93)54(39(6)81)76-61(91)46(79(9)65(56)95)31-42-17-12-11-13-18-42/h11-13,17-18,21-27,29,36-41,45-47,53-59,66,81,87-89,98H,10,14-16,19-20,28,30-35H2,1-9H3,(H,70,82)(H,71,83)(H,72,84)(H,73,93)(H,75,94)(H,76,91)(H,77,90)(H,78,92)(H,74,85,97)/b27-25+/t37-,38+,39+,40+,41-,45-,46-,47+,53+,54+,55-,56-,57+,58+,59+,66+,69+/m0/s1. The lowest BCUT2D eigenvalue weighted by Crippen LogP contribution is -2.61. The molecule has 7 rings (SSSR count). The molecule has 5 heterocycles. The van der Waals surface area contributed by atoms with Crippen LogP contribution in [0.5, 0.6) is 5.75 Å². The second-order valence-corrected chi connectivity index (χ2v) is 27.4. The first-order chi connectivity index (χ1) is 48.7. The van der Waals surface area contributed by atoms with Crippen LogP contribution >= 0.6 is 11.8 Å². The predicted molar refractivity (Wildman–Crippen MR) is 370 cm³/mol. The fraction of sp³-hybridized carbons (Fsp3) is 0.580. The molecule has 2 aromatic carbocycles. The van der Waals surface area contributed by atoms with E-state index < -0.39 is 192 Å². The predicted octanol–water partition coefficient (Wildman–Crippen LogP) is -2.31. The summed E-state index contributed by atoms with van der Waals surface area (Å²) in [7, 11) is 1.28. The molecule has 0 aliphatic carbocycles. The summed E-state index contributed by atoms with van der Waals surface area (Å²) in [6, 6.07) is 4.68. The van der Waals surface area contributed by atoms with Gasteiger partial charge in [-0.15, -0.1) is 0 Å². The Morgan fingerprint density at radius 2 is 1.43 bits per heavy atom. The minimum absolute atomic E-state index is 0.00362. The van der Waals surface area contributed by atoms with Gasteiger partial charge in [-0.2, -0.15) is 11.8 Å². The maximum absolute atomic E-state index is 15.5. The van der Waals surface area contributed by atoms with Crippen molar-refractivity contribution in [1.29, 1.82) is 0 Å². The number of aromatic amines is 1. The summed E-state index contributed by atoms with van der Waals surface area (Å²) in [5.41, 5.74) is -2.87. The largest absolute Gasteiger partial charge is 0.487 e. The van der Waals surface area contributed by atoms with Crippen molar-refractivity contribution in [3.05, 3.63) is 111 Å². The smallest absolute Gasteiger partial charge is 0.332 e. The van der Waals surface area contributed by atoms with Crippen LogP contribution in [0, 0.1) is 17.8 Å². The van der Waals surface area contributed by atoms with Gasteiger partial charge in [-0.25, -0.2) is 9.59 Å². The van der Waals surface area contributed by atoms with Gasteiger partial charge in [-0.3, -0.25) is 62.3 Å². The number of H-pyrrole nitrogens is 1. The number of unbranched alkanes of at least 4 members (excludes halogenated alkanes) is 1. The number of fused-ring (bicyclic) bond motifs is 11. The average molecular weight is 1460 g/mol. The molecule has 3 aromatic rings. The first kappa shape index (κ1) is 82.9. The summed E-state index contributed by atoms with van der Waals surface area (Å²) in [6.45, 7) is 10.0. The number of amides is 9. The Balaban J connectivity index is 1.25. The number of thioether (sulfide) groups is 1. The Bertz CT molecular complexity index is 3600. The van der Waals surface area contributed by atoms with Crippen LogP contribution in [0.3, 0.4) is 0 Å². The van der Waals surface area contributed by atoms with Crippen LogP contribution in [0.15, 0.2) is 88.6 Å². The molecule has 4 bridgehead atoms. The van der Waals surface area contributed by atoms with E-state index in [1.54, 1.807) is 58.0 Å². The molecule has 2 fully saturated rings. The van der Waals surface area contributed by atoms with E-state index >= 15 is 9.59 Å². The average Bonchev–Trinajstić information content (AvgIpc) is 1.73. The van der Waals surface area contributed by atoms with Gasteiger partial charge in [-0.05, 0) is 87.0 Å². The number of esters is 2. The molecule has 103 heavy (non-hydrogen) atoms. The van der Waals surface area contributed by atoms with Gasteiger partial charge in [-0.1, -0.05) is 83.5 Å². The molecule has 17 atom stereocenters. The number of aliphatic hydroxyl groups excluding tert-OH is 4. The number of ether oxygens (including phenoxy) is 4. The van der Waals surface area contributed by atoms with Gasteiger partial charge in [0.2, 0.25) is 53.2 Å². The van der Waals surface area contributed by atoms with E-state index in [1.165, 1.54) is 63.8 Å². The second kappa shape index (κ2) is 39.0. The fourth-order valence-electron chi connectivity index (χ4n) is 11.3. The zero-order valence-electron chi connectivity index (χ0n) is 59.0. The number of carbonyl (C=O) groups excluding carboxylic acids is 11. The Kier molecular flexibility index (Phi) is 31.4. The molecule has 9 amide bonds. The summed E-state index contributed by atoms with van der Waals surface area (Å²) < 4.78 is 24.0. The lowest BCUT2D eigenvalue weighted by molar-refractivity contribution is -0.160. The Morgan fingerprint density at radius 3 is 2.08 bits per heavy atom. The molecule has 0 saturated carbocycles. The van der Waals surface area contributed by atoms with Crippen molar-refractivity contribution in [2.75, 3.05) is 44.8 Å². The number of carbonyl (C=O) groups is 11. The maximum Gasteiger partial charge on any atom is 0.332 e. The number of rotatable bonds is 23. The van der Waals surface area contributed by atoms with E-state index in [4.69, 9.17) is 18.9 Å². The van der Waals surface area contributed by atoms with Gasteiger partial charge in [0, 0.05) is 63.5 Å². The number of nitrogens with zero attached hydrogens (tertiary/aromatic N) is 2. The van der Waals surface area contributed by atoms with Crippen molar-refractivity contribution in [1.82, 2.24) is 57.0 Å². The molecule has 33 nitrogen and oxygen atoms in total. The fourth-order valence-corrected chi connectivity index (χ4v) is 12.5. The highest BCUT2D eigenvalue weighted by molar-refractivity contribution is 7.99. The third kappa shape index (κ3) is 23.7. The Labute approximate surface area is 599 Å². The normalized spacial score (nSPS) is 27.3. The Hall–Kier alpha value is -9.06. The van der Waals surface area contributed by atoms with Gasteiger partial charge in [0.1, 0.15) is 85.2 Å². The molecule has 566 valence electrons. The van der Waals surface area contributed by atoms with E-state index in [-0.39, 0.29) is 68.2 Å². The number of cyclic esters (lactones) is 1. The number of hydrogen-bond acceptors (Lipinski definition) is 23. The number of benzene rings is 2. The van der Waals surface area contributed by atoms with Gasteiger partial charge in [0.05, 0.1) is 18.1 Å². The van der Waals surface area contributed by atoms with Crippen molar-refractivity contribution in [3.8, 4) is 5.75 Å². The van der Waals surface area contributed by atoms with E-state index in [0.29, 0.717) is 24.2 Å². The molecule has 0 radical (unpaired) electrons. The SMILES string of the molecule is CC[C@H](C)[C@H]1NC(=O)[C@@H](NC(=O)[C@H](C)[C@H](O)C(C)C)[C@@H](C)OC(=O)[C@@H]2COC(=O)CNC(=O)/C=C/[C@@](O)(CSCCCCNC(=O)CCCC(=O)NC[C@H]3O[C@@H](n4ccc(=O)[nH]c4=O)[C@H](O)[C@@H]3O)[C@H](C)Oc3ccc(cc3)[C@H](NC1=O)C(=O)N(C)[C@@H](Cc1ccccc1)C(=O)N[C@H]([C@@H](C)O)C(=O)N2. The number of nitrogens with one attached hydrogen (secondary N) is 9. The van der Waals surface area contributed by atoms with E-state index in [2.05, 4.69) is 42.5 Å². The quantitative estimate of drug-likeness (QED) is 0.0350. The minimum Gasteiger partial charge on any atom is -0.487 e. The second-order valence-electron chi connectivity index (χ2n) is 26.3. The van der Waals surface area contributed by atoms with Crippen molar-refractivity contribution < 1.29 is 97.2 Å². The highest BCUT2D eigenvalue weighted by atomic mass is 32.2. The van der Waals surface area contributed by atoms with E-state index in [9.17, 15) is 78.3 Å². The lowest BCUT2D eigenvalue weighted by Gasteiger charge is -2.34. The van der Waals surface area contributed by atoms with Crippen LogP contribution in [0.4, 0.5) is 0 Å². The first-order valence-corrected chi connectivity index (χ1v) is 35.3. The molecule has 14 N–H and O–H groups in total. The van der Waals surface area contributed by atoms with E-state index in [1.807, 2.05) is 4.98 Å². The zero-order valence-corrected chi connectivity index (χ0v) is 59.8. The molecule has 1 aromatic heterocycles. The van der Waals surface area contributed by atoms with Crippen LogP contribution in [-0.4, -0.2) is 228 Å². The van der Waals surface area contributed by atoms with Crippen LogP contribution in [0.25, 0.3) is 0 Å². The molecule has 4 aliphatic heterocycles. The zero-order chi connectivity index (χ0) is 76.0. The van der Waals surface area contributed by atoms with Crippen molar-refractivity contribution in [2.24, 2.45) is 17.8 Å². The molecule has 34 heteroatoms. The minimum atomic E-state index is -2.03. The molecule has 2 saturated heterocycles. The lowest BCUT2D eigenvalue weighted by atomic mass is 9.93. The molecular weight excluding hydrogens is 1370 g/mol. The number of likely N-dealkylation sites (N-methyl/N-ethyl adjacent to an activating group) is 1. The number of hydrogen-bond donors (Lipinski definition) is 14. The third-order valence-electron chi connectivity index (χ3n) is 18.1. The first-order valence-electron chi connectivity index (χ1n) is 34.2. The molecular formula is C69H97N11O22S. The van der Waals surface area contributed by atoms with Gasteiger partial charge in [0.25, 0.3) is 5.56 Å². The topological polar surface area (TPSA) is 480 Å². The van der Waals surface area contributed by atoms with Crippen LogP contribution in [0.2, 0.25) is 0 Å². The summed E-state index contributed by atoms with van der Waals surface area (Å²) in [5.74, 6) is -12.2. The summed E-state index contributed by atoms with van der Waals surface area (Å²) in [5, 5.41) is 76.0. The highest BCUT2D eigenvalue weighted by Gasteiger charge is 2.46. The monoisotopic (exact) mass is 1460 g/mol. The maximum atomic E-state index is 15.5. The van der Waals surface area contributed by atoms with Gasteiger partial charge < -0.3 is 91.9 Å². The highest BCUT2D eigenvalue weighted by Crippen LogP contribution is 2.30. The van der Waals surface area contributed by atoms with Crippen LogP contribution in [-0.2, 0) is 73.4 Å². The van der Waals surface area contributed by atoms with E-state index in [0.717, 1.165) is 40.8 Å². The van der Waals surface area contributed by atoms with Crippen molar-refractivity contribution in [3.63, 3.8) is 0 Å². The Morgan fingerprint density at radius 1 is 0.767 bits per heavy atom. The van der Waals surface area contributed by atoms with Gasteiger partial charge >= 0.3 is 17.6 Å². The van der Waals surface area contributed by atoms with Crippen molar-refractivity contribution in [2.45, 2.75) is 191 Å². The third-order valence-corrected chi connectivity index (χ3v) is 19.3.